The van der Waals surface area contributed by atoms with E-state index in [9.17, 15) is 9.90 Å². The maximum absolute atomic E-state index is 13.0. The van der Waals surface area contributed by atoms with Crippen molar-refractivity contribution in [3.63, 3.8) is 0 Å². The molecule has 174 valence electrons. The fourth-order valence-corrected chi connectivity index (χ4v) is 5.99. The quantitative estimate of drug-likeness (QED) is 0.155. The molecule has 0 aliphatic heterocycles. The Bertz CT molecular complexity index is 1510. The molecule has 0 bridgehead atoms. The number of hydrogen-bond acceptors (Lipinski definition) is 6. The van der Waals surface area contributed by atoms with E-state index in [1.807, 2.05) is 23.6 Å². The van der Waals surface area contributed by atoms with E-state index in [2.05, 4.69) is 46.6 Å². The summed E-state index contributed by atoms with van der Waals surface area (Å²) in [5.74, 6) is 0.133. The van der Waals surface area contributed by atoms with E-state index in [1.54, 1.807) is 24.3 Å². The third-order valence-corrected chi connectivity index (χ3v) is 7.80. The van der Waals surface area contributed by atoms with E-state index in [-0.39, 0.29) is 17.4 Å². The number of aromatic hydroxyl groups is 1. The average Bonchev–Trinajstić information content (AvgIpc) is 3.25. The van der Waals surface area contributed by atoms with Crippen LogP contribution < -0.4 is 10.4 Å². The summed E-state index contributed by atoms with van der Waals surface area (Å²) >= 11 is 8.35. The summed E-state index contributed by atoms with van der Waals surface area (Å²) in [6.45, 7) is 0. The molecule has 0 radical (unpaired) electrons. The second kappa shape index (κ2) is 10.0. The molecule has 6 nitrogen and oxygen atoms in total. The van der Waals surface area contributed by atoms with Crippen LogP contribution in [0.3, 0.4) is 0 Å². The van der Waals surface area contributed by atoms with E-state index < -0.39 is 0 Å². The van der Waals surface area contributed by atoms with Crippen LogP contribution in [0, 0.1) is 0 Å². The first-order valence-corrected chi connectivity index (χ1v) is 13.5. The second-order valence-electron chi connectivity index (χ2n) is 8.24. The van der Waals surface area contributed by atoms with Gasteiger partial charge in [0.2, 0.25) is 4.80 Å². The smallest absolute Gasteiger partial charge is 0.345 e. The van der Waals surface area contributed by atoms with Crippen LogP contribution in [0.4, 0.5) is 0 Å². The van der Waals surface area contributed by atoms with Crippen molar-refractivity contribution < 1.29 is 9.52 Å². The molecule has 4 aromatic rings. The molecule has 5 rings (SSSR count). The lowest BCUT2D eigenvalue weighted by Gasteiger charge is -2.25. The zero-order chi connectivity index (χ0) is 23.7. The third-order valence-electron chi connectivity index (χ3n) is 5.98. The molecule has 1 fully saturated rings. The number of hydrogen-bond donors (Lipinski definition) is 1. The largest absolute Gasteiger partial charge is 0.507 e. The molecule has 0 spiro atoms. The van der Waals surface area contributed by atoms with Crippen LogP contribution in [0.25, 0.3) is 22.2 Å². The zero-order valence-electron chi connectivity index (χ0n) is 18.1. The standard InChI is InChI=1S/C25H21Br2N3O3S/c26-17-6-8-22(31)16(11-17)13-28-29-25-30(19-4-2-1-3-5-19)21(14-34-25)20-12-15-10-18(27)7-9-23(15)33-24(20)32/h6-14,19,31H,1-5H2/b28-13+,29-25-. The number of thiazole rings is 1. The number of phenols is 1. The SMILES string of the molecule is O=c1oc2ccc(Br)cc2cc1-c1cs/c(=N\N=C\c2cc(Br)ccc2O)n1C1CCCCC1. The van der Waals surface area contributed by atoms with Crippen molar-refractivity contribution in [2.45, 2.75) is 38.1 Å². The molecule has 1 N–H and O–H groups in total. The highest BCUT2D eigenvalue weighted by Crippen LogP contribution is 2.32. The molecular formula is C25H21Br2N3O3S. The first-order valence-electron chi connectivity index (χ1n) is 11.0. The van der Waals surface area contributed by atoms with Crippen molar-refractivity contribution in [3.8, 4) is 17.0 Å². The summed E-state index contributed by atoms with van der Waals surface area (Å²) in [5.41, 5.74) is 2.07. The maximum Gasteiger partial charge on any atom is 0.345 e. The summed E-state index contributed by atoms with van der Waals surface area (Å²) < 4.78 is 9.54. The fourth-order valence-electron chi connectivity index (χ4n) is 4.32. The predicted octanol–water partition coefficient (Wildman–Crippen LogP) is 6.99. The van der Waals surface area contributed by atoms with Crippen LogP contribution in [-0.4, -0.2) is 15.9 Å². The van der Waals surface area contributed by atoms with Crippen molar-refractivity contribution >= 4 is 60.4 Å². The minimum absolute atomic E-state index is 0.133. The van der Waals surface area contributed by atoms with Crippen LogP contribution in [0.1, 0.15) is 43.7 Å². The molecule has 0 atom stereocenters. The number of phenolic OH excluding ortho intramolecular Hbond substituents is 1. The summed E-state index contributed by atoms with van der Waals surface area (Å²) in [7, 11) is 0. The van der Waals surface area contributed by atoms with E-state index in [4.69, 9.17) is 4.42 Å². The Labute approximate surface area is 216 Å². The summed E-state index contributed by atoms with van der Waals surface area (Å²) in [5, 5.41) is 21.6. The van der Waals surface area contributed by atoms with Crippen LogP contribution in [-0.2, 0) is 0 Å². The number of halogens is 2. The van der Waals surface area contributed by atoms with Gasteiger partial charge in [0.25, 0.3) is 0 Å². The average molecular weight is 603 g/mol. The maximum atomic E-state index is 13.0. The van der Waals surface area contributed by atoms with Gasteiger partial charge in [0.1, 0.15) is 11.3 Å². The minimum Gasteiger partial charge on any atom is -0.507 e. The van der Waals surface area contributed by atoms with Crippen molar-refractivity contribution in [2.75, 3.05) is 0 Å². The molecule has 2 heterocycles. The number of aromatic nitrogens is 1. The summed E-state index contributed by atoms with van der Waals surface area (Å²) in [6, 6.07) is 12.9. The van der Waals surface area contributed by atoms with Gasteiger partial charge in [0, 0.05) is 31.3 Å². The third kappa shape index (κ3) is 4.82. The van der Waals surface area contributed by atoms with Gasteiger partial charge in [0.15, 0.2) is 0 Å². The van der Waals surface area contributed by atoms with Crippen molar-refractivity contribution in [1.82, 2.24) is 4.57 Å². The van der Waals surface area contributed by atoms with Gasteiger partial charge < -0.3 is 14.1 Å². The second-order valence-corrected chi connectivity index (χ2v) is 10.9. The Hall–Kier alpha value is -2.49. The molecule has 34 heavy (non-hydrogen) atoms. The normalized spacial score (nSPS) is 15.5. The van der Waals surface area contributed by atoms with Gasteiger partial charge in [-0.3, -0.25) is 0 Å². The Balaban J connectivity index is 1.63. The highest BCUT2D eigenvalue weighted by atomic mass is 79.9. The Morgan fingerprint density at radius 1 is 1.06 bits per heavy atom. The molecule has 1 aliphatic rings. The number of nitrogens with zero attached hydrogens (tertiary/aromatic N) is 3. The lowest BCUT2D eigenvalue weighted by Crippen LogP contribution is -2.24. The molecule has 9 heteroatoms. The molecule has 0 unspecified atom stereocenters. The van der Waals surface area contributed by atoms with Gasteiger partial charge in [-0.1, -0.05) is 51.1 Å². The Morgan fingerprint density at radius 3 is 2.65 bits per heavy atom. The van der Waals surface area contributed by atoms with Crippen molar-refractivity contribution in [3.05, 3.63) is 77.6 Å². The molecule has 2 aromatic heterocycles. The van der Waals surface area contributed by atoms with E-state index in [0.29, 0.717) is 21.5 Å². The summed E-state index contributed by atoms with van der Waals surface area (Å²) in [6.07, 6.45) is 7.08. The van der Waals surface area contributed by atoms with Crippen LogP contribution in [0.15, 0.2) is 76.2 Å². The Kier molecular flexibility index (Phi) is 6.85. The molecule has 1 aliphatic carbocycles. The molecular weight excluding hydrogens is 582 g/mol. The van der Waals surface area contributed by atoms with E-state index in [0.717, 1.165) is 45.7 Å². The minimum atomic E-state index is -0.369. The molecule has 1 saturated carbocycles. The monoisotopic (exact) mass is 601 g/mol. The van der Waals surface area contributed by atoms with Gasteiger partial charge >= 0.3 is 5.63 Å². The molecule has 0 amide bonds. The first-order chi connectivity index (χ1) is 16.5. The number of rotatable bonds is 4. The number of benzene rings is 2. The van der Waals surface area contributed by atoms with Crippen LogP contribution in [0.5, 0.6) is 5.75 Å². The van der Waals surface area contributed by atoms with E-state index >= 15 is 0 Å². The summed E-state index contributed by atoms with van der Waals surface area (Å²) in [4.78, 5) is 13.7. The van der Waals surface area contributed by atoms with Gasteiger partial charge in [-0.25, -0.2) is 4.79 Å². The van der Waals surface area contributed by atoms with Crippen LogP contribution >= 0.6 is 43.2 Å². The molecule has 0 saturated heterocycles. The topological polar surface area (TPSA) is 80.1 Å². The van der Waals surface area contributed by atoms with Crippen molar-refractivity contribution in [2.24, 2.45) is 10.2 Å². The van der Waals surface area contributed by atoms with Gasteiger partial charge in [0.05, 0.1) is 17.5 Å². The fraction of sp³-hybridized carbons (Fsp3) is 0.240. The molecule has 2 aromatic carbocycles. The van der Waals surface area contributed by atoms with Crippen molar-refractivity contribution in [1.29, 1.82) is 0 Å². The number of fused-ring (bicyclic) bond motifs is 1. The Morgan fingerprint density at radius 2 is 1.82 bits per heavy atom. The van der Waals surface area contributed by atoms with Gasteiger partial charge in [-0.15, -0.1) is 16.4 Å². The van der Waals surface area contributed by atoms with E-state index in [1.165, 1.54) is 24.0 Å². The highest BCUT2D eigenvalue weighted by Gasteiger charge is 2.22. The highest BCUT2D eigenvalue weighted by molar-refractivity contribution is 9.10. The predicted molar refractivity (Wildman–Crippen MR) is 143 cm³/mol. The van der Waals surface area contributed by atoms with Gasteiger partial charge in [-0.2, -0.15) is 5.10 Å². The zero-order valence-corrected chi connectivity index (χ0v) is 22.1. The van der Waals surface area contributed by atoms with Gasteiger partial charge in [-0.05, 0) is 55.3 Å². The lowest BCUT2D eigenvalue weighted by molar-refractivity contribution is 0.350. The lowest BCUT2D eigenvalue weighted by atomic mass is 9.95. The van der Waals surface area contributed by atoms with Crippen LogP contribution in [0.2, 0.25) is 0 Å². The first kappa shape index (κ1) is 23.3.